The van der Waals surface area contributed by atoms with Gasteiger partial charge in [-0.2, -0.15) is 0 Å². The van der Waals surface area contributed by atoms with Crippen LogP contribution in [0.5, 0.6) is 0 Å². The number of halogens is 2. The Bertz CT molecular complexity index is 1180. The molecule has 0 nitrogen and oxygen atoms in total. The molecule has 0 aromatic heterocycles. The van der Waals surface area contributed by atoms with E-state index in [1.165, 1.54) is 35.5 Å². The van der Waals surface area contributed by atoms with Crippen LogP contribution in [0.2, 0.25) is 19.6 Å². The molecule has 0 spiro atoms. The molecule has 234 valence electrons. The Balaban J connectivity index is 0.00000201. The Morgan fingerprint density at radius 2 is 0.951 bits per heavy atom. The molecule has 0 atom stereocenters. The van der Waals surface area contributed by atoms with Crippen molar-refractivity contribution in [2.45, 2.75) is 98.2 Å². The van der Waals surface area contributed by atoms with Crippen molar-refractivity contribution in [3.63, 3.8) is 0 Å². The third kappa shape index (κ3) is 11.4. The van der Waals surface area contributed by atoms with E-state index in [1.807, 2.05) is 0 Å². The molecule has 0 aliphatic rings. The first-order chi connectivity index (χ1) is 18.9. The molecular weight excluding hydrogens is 963 g/mol. The van der Waals surface area contributed by atoms with Crippen molar-refractivity contribution in [2.24, 2.45) is 0 Å². The van der Waals surface area contributed by atoms with Crippen LogP contribution in [0.4, 0.5) is 0 Å². The molecule has 0 N–H and O–H groups in total. The summed E-state index contributed by atoms with van der Waals surface area (Å²) >= 11 is 3.50. The molecule has 0 unspecified atom stereocenters. The minimum atomic E-state index is -1.68. The molecule has 3 rings (SSSR count). The van der Waals surface area contributed by atoms with Gasteiger partial charge in [-0.15, -0.1) is 0 Å². The van der Waals surface area contributed by atoms with Gasteiger partial charge in [-0.1, -0.05) is 163 Å². The van der Waals surface area contributed by atoms with Gasteiger partial charge in [0.05, 0.1) is 8.07 Å². The van der Waals surface area contributed by atoms with Crippen molar-refractivity contribution in [3.8, 4) is 0 Å². The zero-order chi connectivity index (χ0) is 31.8. The van der Waals surface area contributed by atoms with Gasteiger partial charge in [-0.3, -0.25) is 0 Å². The Kier molecular flexibility index (Phi) is 16.1. The summed E-state index contributed by atoms with van der Waals surface area (Å²) < 4.78 is 1.75. The van der Waals surface area contributed by atoms with Crippen molar-refractivity contribution in [3.05, 3.63) is 89.5 Å². The molecule has 0 radical (unpaired) electrons. The van der Waals surface area contributed by atoms with Crippen molar-refractivity contribution in [2.75, 3.05) is 0 Å². The molecule has 0 saturated carbocycles. The Morgan fingerprint density at radius 3 is 1.22 bits per heavy atom. The Morgan fingerprint density at radius 1 is 0.610 bits per heavy atom. The molecule has 41 heavy (non-hydrogen) atoms. The summed E-state index contributed by atoms with van der Waals surface area (Å²) in [5, 5.41) is 4.48. The predicted octanol–water partition coefficient (Wildman–Crippen LogP) is 10.7. The molecule has 0 amide bonds. The number of hydrogen-bond donors (Lipinski definition) is 0. The summed E-state index contributed by atoms with van der Waals surface area (Å²) in [5.41, 5.74) is 4.72. The summed E-state index contributed by atoms with van der Waals surface area (Å²) in [4.78, 5) is 0. The normalized spacial score (nSPS) is 12.8. The van der Waals surface area contributed by atoms with Gasteiger partial charge >= 0.3 is 58.4 Å². The third-order valence-corrected chi connectivity index (χ3v) is 17.0. The van der Waals surface area contributed by atoms with Gasteiger partial charge in [-0.05, 0) is 56.1 Å². The molecule has 7 heteroatoms. The number of hydrogen-bond acceptors (Lipinski definition) is 0. The molecule has 0 aliphatic carbocycles. The van der Waals surface area contributed by atoms with E-state index in [1.54, 1.807) is 49.9 Å². The average molecular weight is 1010 g/mol. The standard InChI is InChI=1S/C34H48P2Si.2Au.2ClH/c1-32(2,3)25-23-28(33(4,5)6)30(29(24-25)34(7,8)9)35-31(37(10,11)12)36(26-19-15-13-16-20-26)27-21-17-14-18-22-27;;;;/h13-24H,1-12H3;;;2*1H/q;2*+1;;/p-2. The second-order valence-corrected chi connectivity index (χ2v) is 23.8. The van der Waals surface area contributed by atoms with Crippen LogP contribution in [-0.2, 0) is 56.2 Å². The van der Waals surface area contributed by atoms with Gasteiger partial charge in [0.1, 0.15) is 0 Å². The van der Waals surface area contributed by atoms with Gasteiger partial charge in [0, 0.05) is 5.30 Å². The van der Waals surface area contributed by atoms with Crippen LogP contribution in [0.25, 0.3) is 0 Å². The third-order valence-electron chi connectivity index (χ3n) is 6.72. The summed E-state index contributed by atoms with van der Waals surface area (Å²) in [6.45, 7) is 29.1. The number of benzene rings is 3. The molecule has 0 saturated heterocycles. The van der Waals surface area contributed by atoms with Crippen LogP contribution in [0.3, 0.4) is 0 Å². The van der Waals surface area contributed by atoms with Crippen LogP contribution >= 0.6 is 34.5 Å². The summed E-state index contributed by atoms with van der Waals surface area (Å²) in [6, 6.07) is 27.6. The van der Waals surface area contributed by atoms with E-state index in [9.17, 15) is 0 Å². The van der Waals surface area contributed by atoms with Crippen molar-refractivity contribution >= 4 is 63.2 Å². The summed E-state index contributed by atoms with van der Waals surface area (Å²) in [5.74, 6) is 0. The fraction of sp³-hybridized carbons (Fsp3) is 0.441. The minimum absolute atomic E-state index is 0.0659. The van der Waals surface area contributed by atoms with E-state index >= 15 is 0 Å². The second kappa shape index (κ2) is 16.7. The van der Waals surface area contributed by atoms with E-state index in [-0.39, 0.29) is 16.2 Å². The fourth-order valence-corrected chi connectivity index (χ4v) is 14.0. The van der Waals surface area contributed by atoms with E-state index in [4.69, 9.17) is 0 Å². The van der Waals surface area contributed by atoms with Crippen LogP contribution < -0.4 is 15.9 Å². The predicted molar refractivity (Wildman–Crippen MR) is 188 cm³/mol. The van der Waals surface area contributed by atoms with Crippen LogP contribution in [0, 0.1) is 0 Å². The second-order valence-electron chi connectivity index (χ2n) is 14.4. The first kappa shape index (κ1) is 39.6. The monoisotopic (exact) mass is 1010 g/mol. The van der Waals surface area contributed by atoms with Crippen molar-refractivity contribution < 1.29 is 40.0 Å². The van der Waals surface area contributed by atoms with E-state index in [0.29, 0.717) is 0 Å². The van der Waals surface area contributed by atoms with Gasteiger partial charge in [0.25, 0.3) is 0 Å². The molecule has 0 fully saturated rings. The molecular formula is C34H48Au2Cl2P2Si. The van der Waals surface area contributed by atoms with Crippen molar-refractivity contribution in [1.82, 2.24) is 0 Å². The van der Waals surface area contributed by atoms with Crippen LogP contribution in [0.15, 0.2) is 72.8 Å². The number of rotatable bonds is 5. The quantitative estimate of drug-likeness (QED) is 0.177. The zero-order valence-corrected chi connectivity index (χ0v) is 35.3. The summed E-state index contributed by atoms with van der Waals surface area (Å²) in [6.07, 6.45) is 0. The van der Waals surface area contributed by atoms with Gasteiger partial charge in [0.2, 0.25) is 0 Å². The molecule has 0 aliphatic heterocycles. The topological polar surface area (TPSA) is 0 Å². The molecule has 3 aromatic rings. The first-order valence-electron chi connectivity index (χ1n) is 13.8. The maximum atomic E-state index is 4.58. The van der Waals surface area contributed by atoms with E-state index in [0.717, 1.165) is 0 Å². The molecule has 0 heterocycles. The van der Waals surface area contributed by atoms with Crippen LogP contribution in [0.1, 0.15) is 79.0 Å². The van der Waals surface area contributed by atoms with Crippen molar-refractivity contribution in [1.29, 1.82) is 0 Å². The van der Waals surface area contributed by atoms with Gasteiger partial charge in [0.15, 0.2) is 0 Å². The first-order valence-corrected chi connectivity index (χ1v) is 24.9. The summed E-state index contributed by atoms with van der Waals surface area (Å²) in [7, 11) is 8.32. The maximum absolute atomic E-state index is 4.58. The SMILES string of the molecule is CC(C)(C)c1cc(C(C)(C)C)c(P=C(P(c2ccccc2)c2ccccc2)[Si](C)(C)C)c(C(C)(C)C)c1.[Cl][Au].[Cl][Au]. The Labute approximate surface area is 288 Å². The zero-order valence-electron chi connectivity index (χ0n) is 26.7. The average Bonchev–Trinajstić information content (AvgIpc) is 2.89. The van der Waals surface area contributed by atoms with Crippen LogP contribution in [-0.4, -0.2) is 12.7 Å². The Hall–Kier alpha value is 0.537. The fourth-order valence-electron chi connectivity index (χ4n) is 4.54. The molecule has 3 aromatic carbocycles. The van der Waals surface area contributed by atoms with Gasteiger partial charge < -0.3 is 0 Å². The molecule has 0 bridgehead atoms. The van der Waals surface area contributed by atoms with Gasteiger partial charge in [-0.25, -0.2) is 0 Å². The van der Waals surface area contributed by atoms with E-state index in [2.05, 4.69) is 173 Å². The van der Waals surface area contributed by atoms with E-state index < -0.39 is 16.0 Å².